The van der Waals surface area contributed by atoms with Crippen LogP contribution < -0.4 is 5.19 Å². The van der Waals surface area contributed by atoms with Crippen molar-refractivity contribution in [3.05, 3.63) is 28.8 Å². The van der Waals surface area contributed by atoms with Crippen molar-refractivity contribution in [3.8, 4) is 0 Å². The van der Waals surface area contributed by atoms with Crippen molar-refractivity contribution in [2.45, 2.75) is 78.9 Å². The van der Waals surface area contributed by atoms with Gasteiger partial charge in [-0.3, -0.25) is 0 Å². The molecule has 0 radical (unpaired) electrons. The molecule has 1 rings (SSSR count). The Bertz CT molecular complexity index is 462. The molecule has 0 heterocycles. The average molecular weight is 277 g/mol. The number of rotatable bonds is 1. The summed E-state index contributed by atoms with van der Waals surface area (Å²) in [4.78, 5) is 0. The van der Waals surface area contributed by atoms with Crippen LogP contribution in [0.25, 0.3) is 0 Å². The number of benzene rings is 1. The molecule has 1 aromatic rings. The molecule has 0 spiro atoms. The summed E-state index contributed by atoms with van der Waals surface area (Å²) in [5.74, 6) is 0. The van der Waals surface area contributed by atoms with Crippen molar-refractivity contribution in [1.82, 2.24) is 0 Å². The van der Waals surface area contributed by atoms with Gasteiger partial charge in [-0.25, -0.2) is 0 Å². The smallest absolute Gasteiger partial charge is 0.0656 e. The standard InChI is InChI=1S/C18H32Si/c1-13-15(19(8,9)10)12-11-14(17(2,3)4)16(13)18(5,6)7/h11-12H,1-10H3. The van der Waals surface area contributed by atoms with Gasteiger partial charge in [-0.15, -0.1) is 0 Å². The quantitative estimate of drug-likeness (QED) is 0.623. The van der Waals surface area contributed by atoms with Crippen molar-refractivity contribution >= 4 is 13.3 Å². The van der Waals surface area contributed by atoms with Crippen LogP contribution in [-0.4, -0.2) is 8.07 Å². The summed E-state index contributed by atoms with van der Waals surface area (Å²) in [6.45, 7) is 23.7. The number of hydrogen-bond acceptors (Lipinski definition) is 0. The molecule has 1 heteroatoms. The van der Waals surface area contributed by atoms with E-state index in [1.807, 2.05) is 0 Å². The third-order valence-corrected chi connectivity index (χ3v) is 5.99. The summed E-state index contributed by atoms with van der Waals surface area (Å²) in [6.07, 6.45) is 0. The van der Waals surface area contributed by atoms with E-state index in [4.69, 9.17) is 0 Å². The molecule has 19 heavy (non-hydrogen) atoms. The zero-order valence-electron chi connectivity index (χ0n) is 14.7. The van der Waals surface area contributed by atoms with Gasteiger partial charge in [-0.2, -0.15) is 0 Å². The molecular weight excluding hydrogens is 244 g/mol. The van der Waals surface area contributed by atoms with E-state index in [1.165, 1.54) is 5.56 Å². The molecule has 108 valence electrons. The third kappa shape index (κ3) is 3.50. The fourth-order valence-electron chi connectivity index (χ4n) is 3.12. The van der Waals surface area contributed by atoms with E-state index in [9.17, 15) is 0 Å². The molecule has 0 N–H and O–H groups in total. The van der Waals surface area contributed by atoms with E-state index >= 15 is 0 Å². The fourth-order valence-corrected chi connectivity index (χ4v) is 4.95. The van der Waals surface area contributed by atoms with E-state index in [0.29, 0.717) is 0 Å². The van der Waals surface area contributed by atoms with Gasteiger partial charge in [0.25, 0.3) is 0 Å². The zero-order valence-corrected chi connectivity index (χ0v) is 15.7. The van der Waals surface area contributed by atoms with Gasteiger partial charge in [0.2, 0.25) is 0 Å². The molecule has 0 unspecified atom stereocenters. The van der Waals surface area contributed by atoms with Crippen LogP contribution >= 0.6 is 0 Å². The van der Waals surface area contributed by atoms with E-state index in [0.717, 1.165) is 0 Å². The Balaban J connectivity index is 3.71. The molecule has 0 atom stereocenters. The van der Waals surface area contributed by atoms with Gasteiger partial charge in [-0.1, -0.05) is 78.5 Å². The van der Waals surface area contributed by atoms with E-state index in [-0.39, 0.29) is 10.8 Å². The summed E-state index contributed by atoms with van der Waals surface area (Å²) < 4.78 is 0. The maximum Gasteiger partial charge on any atom is 0.0779 e. The highest BCUT2D eigenvalue weighted by atomic mass is 28.3. The predicted octanol–water partition coefficient (Wildman–Crippen LogP) is 5.14. The van der Waals surface area contributed by atoms with E-state index < -0.39 is 8.07 Å². The minimum atomic E-state index is -1.27. The molecule has 0 nitrogen and oxygen atoms in total. The molecule has 0 aromatic heterocycles. The second-order valence-corrected chi connectivity index (χ2v) is 13.9. The van der Waals surface area contributed by atoms with Crippen LogP contribution in [0.3, 0.4) is 0 Å². The van der Waals surface area contributed by atoms with Gasteiger partial charge >= 0.3 is 0 Å². The monoisotopic (exact) mass is 276 g/mol. The van der Waals surface area contributed by atoms with Crippen LogP contribution in [0.2, 0.25) is 19.6 Å². The first-order valence-electron chi connectivity index (χ1n) is 7.41. The first-order valence-corrected chi connectivity index (χ1v) is 10.9. The second kappa shape index (κ2) is 4.77. The highest BCUT2D eigenvalue weighted by molar-refractivity contribution is 6.89. The van der Waals surface area contributed by atoms with Gasteiger partial charge in [0.15, 0.2) is 0 Å². The summed E-state index contributed by atoms with van der Waals surface area (Å²) in [6, 6.07) is 4.79. The minimum absolute atomic E-state index is 0.211. The first-order chi connectivity index (χ1) is 8.26. The van der Waals surface area contributed by atoms with Crippen molar-refractivity contribution in [1.29, 1.82) is 0 Å². The highest BCUT2D eigenvalue weighted by Gasteiger charge is 2.30. The lowest BCUT2D eigenvalue weighted by Gasteiger charge is -2.34. The van der Waals surface area contributed by atoms with E-state index in [2.05, 4.69) is 80.2 Å². The largest absolute Gasteiger partial charge is 0.0779 e. The molecule has 0 aliphatic rings. The molecule has 0 amide bonds. The molecule has 0 saturated carbocycles. The first kappa shape index (κ1) is 16.5. The maximum atomic E-state index is 2.44. The molecule has 0 fully saturated rings. The summed E-state index contributed by atoms with van der Waals surface area (Å²) >= 11 is 0. The predicted molar refractivity (Wildman–Crippen MR) is 91.6 cm³/mol. The fraction of sp³-hybridized carbons (Fsp3) is 0.667. The van der Waals surface area contributed by atoms with Gasteiger partial charge in [-0.05, 0) is 34.4 Å². The summed E-state index contributed by atoms with van der Waals surface area (Å²) in [5, 5.41) is 1.62. The molecule has 0 bridgehead atoms. The van der Waals surface area contributed by atoms with Crippen LogP contribution in [0.4, 0.5) is 0 Å². The van der Waals surface area contributed by atoms with E-state index in [1.54, 1.807) is 16.3 Å². The van der Waals surface area contributed by atoms with Crippen molar-refractivity contribution in [2.75, 3.05) is 0 Å². The Labute approximate surface area is 121 Å². The highest BCUT2D eigenvalue weighted by Crippen LogP contribution is 2.35. The third-order valence-electron chi connectivity index (χ3n) is 3.83. The van der Waals surface area contributed by atoms with Crippen molar-refractivity contribution in [2.24, 2.45) is 0 Å². The maximum absolute atomic E-state index is 2.44. The Hall–Kier alpha value is -0.563. The average Bonchev–Trinajstić information content (AvgIpc) is 2.11. The Morgan fingerprint density at radius 2 is 1.26 bits per heavy atom. The van der Waals surface area contributed by atoms with Crippen molar-refractivity contribution < 1.29 is 0 Å². The SMILES string of the molecule is Cc1c([Si](C)(C)C)ccc(C(C)(C)C)c1C(C)(C)C. The summed E-state index contributed by atoms with van der Waals surface area (Å²) in [7, 11) is -1.27. The lowest BCUT2D eigenvalue weighted by Crippen LogP contribution is -2.41. The summed E-state index contributed by atoms with van der Waals surface area (Å²) in [5.41, 5.74) is 5.05. The zero-order chi connectivity index (χ0) is 15.2. The molecule has 0 saturated heterocycles. The van der Waals surface area contributed by atoms with Gasteiger partial charge in [0.1, 0.15) is 0 Å². The van der Waals surface area contributed by atoms with Crippen LogP contribution in [-0.2, 0) is 10.8 Å². The molecule has 0 aliphatic carbocycles. The van der Waals surface area contributed by atoms with Crippen molar-refractivity contribution in [3.63, 3.8) is 0 Å². The van der Waals surface area contributed by atoms with Crippen LogP contribution in [0, 0.1) is 6.92 Å². The van der Waals surface area contributed by atoms with Crippen LogP contribution in [0.5, 0.6) is 0 Å². The lowest BCUT2D eigenvalue weighted by atomic mass is 9.73. The molecular formula is C18H32Si. The normalized spacial score (nSPS) is 13.8. The topological polar surface area (TPSA) is 0 Å². The van der Waals surface area contributed by atoms with Gasteiger partial charge in [0.05, 0.1) is 8.07 Å². The van der Waals surface area contributed by atoms with Crippen LogP contribution in [0.15, 0.2) is 12.1 Å². The van der Waals surface area contributed by atoms with Gasteiger partial charge in [0, 0.05) is 0 Å². The number of hydrogen-bond donors (Lipinski definition) is 0. The Kier molecular flexibility index (Phi) is 4.14. The lowest BCUT2D eigenvalue weighted by molar-refractivity contribution is 0.528. The van der Waals surface area contributed by atoms with Gasteiger partial charge < -0.3 is 0 Å². The minimum Gasteiger partial charge on any atom is -0.0656 e. The Morgan fingerprint density at radius 1 is 0.789 bits per heavy atom. The molecule has 1 aromatic carbocycles. The molecule has 0 aliphatic heterocycles. The Morgan fingerprint density at radius 3 is 1.58 bits per heavy atom. The second-order valence-electron chi connectivity index (χ2n) is 8.91. The van der Waals surface area contributed by atoms with Crippen LogP contribution in [0.1, 0.15) is 58.2 Å².